The van der Waals surface area contributed by atoms with E-state index in [0.29, 0.717) is 19.3 Å². The summed E-state index contributed by atoms with van der Waals surface area (Å²) >= 11 is 0. The molecular weight excluding hydrogens is 853 g/mol. The average molecular weight is 970 g/mol. The minimum Gasteiger partial charge on any atom is -0.462 e. The molecule has 0 saturated heterocycles. The lowest BCUT2D eigenvalue weighted by Gasteiger charge is -2.18. The van der Waals surface area contributed by atoms with Gasteiger partial charge in [-0.15, -0.1) is 0 Å². The molecule has 0 unspecified atom stereocenters. The second-order valence-corrected chi connectivity index (χ2v) is 20.6. The highest BCUT2D eigenvalue weighted by molar-refractivity contribution is 5.71. The monoisotopic (exact) mass is 969 g/mol. The van der Waals surface area contributed by atoms with Crippen LogP contribution in [0.15, 0.2) is 36.5 Å². The number of hydrogen-bond donors (Lipinski definition) is 0. The molecule has 0 bridgehead atoms. The van der Waals surface area contributed by atoms with Crippen LogP contribution in [0.4, 0.5) is 0 Å². The summed E-state index contributed by atoms with van der Waals surface area (Å²) in [4.78, 5) is 38.2. The standard InChI is InChI=1S/C63H116O6/c1-4-7-10-13-16-19-22-25-28-30-31-33-35-38-41-44-47-50-53-56-62(65)68-59-60(58-67-61(64)55-52-49-46-43-40-37-34-27-24-21-18-15-12-9-6-3)69-63(66)57-54-51-48-45-42-39-36-32-29-26-23-20-17-14-11-8-5-2/h16,19,25,27-28,34,60H,4-15,17-18,20-24,26,29-33,35-59H2,1-3H3/b19-16-,28-25-,34-27-/t60-/m0/s1. The van der Waals surface area contributed by atoms with Gasteiger partial charge in [0.05, 0.1) is 0 Å². The lowest BCUT2D eigenvalue weighted by Crippen LogP contribution is -2.30. The van der Waals surface area contributed by atoms with Crippen LogP contribution in [0.25, 0.3) is 0 Å². The molecule has 0 fully saturated rings. The van der Waals surface area contributed by atoms with Gasteiger partial charge in [0.1, 0.15) is 13.2 Å². The molecule has 0 aromatic heterocycles. The Labute approximate surface area is 429 Å². The van der Waals surface area contributed by atoms with E-state index >= 15 is 0 Å². The van der Waals surface area contributed by atoms with Crippen LogP contribution in [-0.4, -0.2) is 37.2 Å². The highest BCUT2D eigenvalue weighted by Crippen LogP contribution is 2.17. The van der Waals surface area contributed by atoms with E-state index in [9.17, 15) is 14.4 Å². The van der Waals surface area contributed by atoms with Gasteiger partial charge in [-0.3, -0.25) is 14.4 Å². The third kappa shape index (κ3) is 56.4. The summed E-state index contributed by atoms with van der Waals surface area (Å²) in [7, 11) is 0. The Kier molecular flexibility index (Phi) is 56.2. The molecule has 0 spiro atoms. The summed E-state index contributed by atoms with van der Waals surface area (Å²) in [6.45, 7) is 6.65. The molecule has 6 nitrogen and oxygen atoms in total. The van der Waals surface area contributed by atoms with Crippen LogP contribution < -0.4 is 0 Å². The van der Waals surface area contributed by atoms with Crippen molar-refractivity contribution in [2.45, 2.75) is 335 Å². The van der Waals surface area contributed by atoms with Gasteiger partial charge in [-0.2, -0.15) is 0 Å². The Balaban J connectivity index is 4.34. The van der Waals surface area contributed by atoms with Gasteiger partial charge in [-0.05, 0) is 77.0 Å². The lowest BCUT2D eigenvalue weighted by molar-refractivity contribution is -0.167. The van der Waals surface area contributed by atoms with E-state index in [-0.39, 0.29) is 31.1 Å². The van der Waals surface area contributed by atoms with E-state index in [1.807, 2.05) is 0 Å². The number of ether oxygens (including phenoxy) is 3. The lowest BCUT2D eigenvalue weighted by atomic mass is 10.0. The molecule has 0 N–H and O–H groups in total. The zero-order valence-corrected chi connectivity index (χ0v) is 46.3. The van der Waals surface area contributed by atoms with Gasteiger partial charge < -0.3 is 14.2 Å². The molecule has 0 amide bonds. The Hall–Kier alpha value is -2.37. The third-order valence-corrected chi connectivity index (χ3v) is 13.6. The van der Waals surface area contributed by atoms with Crippen LogP contribution >= 0.6 is 0 Å². The Morgan fingerprint density at radius 1 is 0.290 bits per heavy atom. The van der Waals surface area contributed by atoms with Crippen molar-refractivity contribution in [3.63, 3.8) is 0 Å². The molecule has 0 aliphatic carbocycles. The fourth-order valence-corrected chi connectivity index (χ4v) is 9.00. The maximum Gasteiger partial charge on any atom is 0.306 e. The van der Waals surface area contributed by atoms with E-state index in [0.717, 1.165) is 70.6 Å². The van der Waals surface area contributed by atoms with Crippen molar-refractivity contribution in [3.05, 3.63) is 36.5 Å². The first-order chi connectivity index (χ1) is 34.0. The second kappa shape index (κ2) is 58.2. The molecule has 0 aromatic carbocycles. The van der Waals surface area contributed by atoms with E-state index in [4.69, 9.17) is 14.2 Å². The Morgan fingerprint density at radius 2 is 0.522 bits per heavy atom. The highest BCUT2D eigenvalue weighted by Gasteiger charge is 2.19. The summed E-state index contributed by atoms with van der Waals surface area (Å²) in [5.41, 5.74) is 0. The molecule has 0 rings (SSSR count). The van der Waals surface area contributed by atoms with E-state index in [2.05, 4.69) is 57.2 Å². The van der Waals surface area contributed by atoms with Crippen LogP contribution in [0.1, 0.15) is 329 Å². The average Bonchev–Trinajstić information content (AvgIpc) is 3.35. The Morgan fingerprint density at radius 3 is 0.841 bits per heavy atom. The predicted octanol–water partition coefficient (Wildman–Crippen LogP) is 20.4. The van der Waals surface area contributed by atoms with Crippen molar-refractivity contribution in [3.8, 4) is 0 Å². The molecule has 69 heavy (non-hydrogen) atoms. The number of hydrogen-bond acceptors (Lipinski definition) is 6. The quantitative estimate of drug-likeness (QED) is 0.0261. The summed E-state index contributed by atoms with van der Waals surface area (Å²) in [5, 5.41) is 0. The number of carbonyl (C=O) groups is 3. The van der Waals surface area contributed by atoms with Crippen molar-refractivity contribution in [2.24, 2.45) is 0 Å². The molecule has 0 saturated carbocycles. The first kappa shape index (κ1) is 66.6. The first-order valence-corrected chi connectivity index (χ1v) is 30.5. The predicted molar refractivity (Wildman–Crippen MR) is 298 cm³/mol. The number of esters is 3. The van der Waals surface area contributed by atoms with Gasteiger partial charge in [-0.1, -0.05) is 269 Å². The van der Waals surface area contributed by atoms with Gasteiger partial charge in [0.2, 0.25) is 0 Å². The van der Waals surface area contributed by atoms with Crippen LogP contribution in [0.3, 0.4) is 0 Å². The molecule has 404 valence electrons. The number of rotatable bonds is 56. The van der Waals surface area contributed by atoms with Gasteiger partial charge >= 0.3 is 17.9 Å². The maximum absolute atomic E-state index is 12.9. The highest BCUT2D eigenvalue weighted by atomic mass is 16.6. The second-order valence-electron chi connectivity index (χ2n) is 20.6. The van der Waals surface area contributed by atoms with Crippen LogP contribution in [0.2, 0.25) is 0 Å². The SMILES string of the molecule is CCCCC/C=C\C/C=C\CCCCCCCCCCCC(=O)OC[C@H](COC(=O)CCCCCCC/C=C\CCCCCCCC)OC(=O)CCCCCCCCCCCCCCCCCCC. The molecule has 0 aliphatic rings. The van der Waals surface area contributed by atoms with Gasteiger partial charge in [0.15, 0.2) is 6.10 Å². The fourth-order valence-electron chi connectivity index (χ4n) is 9.00. The number of carbonyl (C=O) groups excluding carboxylic acids is 3. The van der Waals surface area contributed by atoms with Gasteiger partial charge in [0, 0.05) is 19.3 Å². The van der Waals surface area contributed by atoms with Crippen LogP contribution in [-0.2, 0) is 28.6 Å². The maximum atomic E-state index is 12.9. The molecule has 6 heteroatoms. The molecule has 0 aromatic rings. The van der Waals surface area contributed by atoms with Gasteiger partial charge in [0.25, 0.3) is 0 Å². The Bertz CT molecular complexity index is 1160. The summed E-state index contributed by atoms with van der Waals surface area (Å²) in [5.74, 6) is -0.864. The molecule has 1 atom stereocenters. The van der Waals surface area contributed by atoms with Gasteiger partial charge in [-0.25, -0.2) is 0 Å². The minimum atomic E-state index is -0.774. The van der Waals surface area contributed by atoms with Crippen molar-refractivity contribution >= 4 is 17.9 Å². The zero-order valence-electron chi connectivity index (χ0n) is 46.3. The van der Waals surface area contributed by atoms with Crippen molar-refractivity contribution in [1.82, 2.24) is 0 Å². The van der Waals surface area contributed by atoms with E-state index < -0.39 is 6.10 Å². The van der Waals surface area contributed by atoms with E-state index in [1.165, 1.54) is 218 Å². The normalized spacial score (nSPS) is 12.2. The number of allylic oxidation sites excluding steroid dienone is 6. The topological polar surface area (TPSA) is 78.9 Å². The summed E-state index contributed by atoms with van der Waals surface area (Å²) in [6.07, 6.45) is 69.9. The fraction of sp³-hybridized carbons (Fsp3) is 0.857. The van der Waals surface area contributed by atoms with Crippen molar-refractivity contribution < 1.29 is 28.6 Å². The molecule has 0 radical (unpaired) electrons. The molecule has 0 aliphatic heterocycles. The zero-order chi connectivity index (χ0) is 50.0. The number of unbranched alkanes of at least 4 members (excludes halogenated alkanes) is 39. The molecule has 0 heterocycles. The van der Waals surface area contributed by atoms with Crippen molar-refractivity contribution in [1.29, 1.82) is 0 Å². The first-order valence-electron chi connectivity index (χ1n) is 30.5. The molecular formula is C63H116O6. The summed E-state index contributed by atoms with van der Waals surface area (Å²) < 4.78 is 16.9. The largest absolute Gasteiger partial charge is 0.462 e. The van der Waals surface area contributed by atoms with Crippen LogP contribution in [0, 0.1) is 0 Å². The van der Waals surface area contributed by atoms with E-state index in [1.54, 1.807) is 0 Å². The van der Waals surface area contributed by atoms with Crippen LogP contribution in [0.5, 0.6) is 0 Å². The smallest absolute Gasteiger partial charge is 0.306 e. The minimum absolute atomic E-state index is 0.0731. The summed E-state index contributed by atoms with van der Waals surface area (Å²) in [6, 6.07) is 0. The van der Waals surface area contributed by atoms with Crippen molar-refractivity contribution in [2.75, 3.05) is 13.2 Å². The third-order valence-electron chi connectivity index (χ3n) is 13.6.